The molecule has 0 saturated heterocycles. The van der Waals surface area contributed by atoms with Crippen LogP contribution in [0.4, 0.5) is 0 Å². The molecule has 2 unspecified atom stereocenters. The first-order valence-corrected chi connectivity index (χ1v) is 6.98. The maximum Gasteiger partial charge on any atom is 0.00966 e. The summed E-state index contributed by atoms with van der Waals surface area (Å²) < 4.78 is 0. The number of thiophene rings is 1. The molecule has 0 bridgehead atoms. The van der Waals surface area contributed by atoms with Gasteiger partial charge < -0.3 is 5.32 Å². The van der Waals surface area contributed by atoms with Crippen molar-refractivity contribution in [2.45, 2.75) is 53.0 Å². The third-order valence-corrected chi connectivity index (χ3v) is 4.06. The molecule has 1 nitrogen and oxygen atoms in total. The van der Waals surface area contributed by atoms with Crippen LogP contribution >= 0.6 is 11.3 Å². The van der Waals surface area contributed by atoms with Crippen LogP contribution in [0.15, 0.2) is 11.4 Å². The first kappa shape index (κ1) is 13.7. The summed E-state index contributed by atoms with van der Waals surface area (Å²) in [6.07, 6.45) is 0. The molecule has 0 fully saturated rings. The van der Waals surface area contributed by atoms with Gasteiger partial charge in [0.15, 0.2) is 0 Å². The fraction of sp³-hybridized carbons (Fsp3) is 0.714. The van der Waals surface area contributed by atoms with E-state index in [1.807, 2.05) is 11.3 Å². The van der Waals surface area contributed by atoms with Crippen molar-refractivity contribution in [1.82, 2.24) is 5.32 Å². The minimum Gasteiger partial charge on any atom is -0.312 e. The summed E-state index contributed by atoms with van der Waals surface area (Å²) in [5.74, 6) is 1.31. The molecule has 0 aliphatic rings. The Kier molecular flexibility index (Phi) is 4.57. The zero-order chi connectivity index (χ0) is 12.3. The average molecular weight is 239 g/mol. The molecule has 2 atom stereocenters. The fourth-order valence-electron chi connectivity index (χ4n) is 1.82. The molecule has 0 aliphatic heterocycles. The van der Waals surface area contributed by atoms with Gasteiger partial charge >= 0.3 is 0 Å². The average Bonchev–Trinajstić information content (AvgIpc) is 2.58. The van der Waals surface area contributed by atoms with Gasteiger partial charge in [0.2, 0.25) is 0 Å². The fourth-order valence-corrected chi connectivity index (χ4v) is 2.63. The smallest absolute Gasteiger partial charge is 0.00966 e. The van der Waals surface area contributed by atoms with Crippen LogP contribution in [0.3, 0.4) is 0 Å². The van der Waals surface area contributed by atoms with E-state index in [-0.39, 0.29) is 5.54 Å². The van der Waals surface area contributed by atoms with Crippen molar-refractivity contribution < 1.29 is 0 Å². The lowest BCUT2D eigenvalue weighted by Gasteiger charge is -2.26. The van der Waals surface area contributed by atoms with Gasteiger partial charge in [0, 0.05) is 10.4 Å². The third kappa shape index (κ3) is 3.91. The van der Waals surface area contributed by atoms with Crippen molar-refractivity contribution in [3.8, 4) is 0 Å². The van der Waals surface area contributed by atoms with E-state index in [1.54, 1.807) is 0 Å². The van der Waals surface area contributed by atoms with Crippen LogP contribution in [0, 0.1) is 12.8 Å². The summed E-state index contributed by atoms with van der Waals surface area (Å²) in [6, 6.07) is 2.28. The summed E-state index contributed by atoms with van der Waals surface area (Å²) in [4.78, 5) is 1.47. The largest absolute Gasteiger partial charge is 0.312 e. The van der Waals surface area contributed by atoms with Gasteiger partial charge in [0.1, 0.15) is 0 Å². The van der Waals surface area contributed by atoms with Gasteiger partial charge in [0.25, 0.3) is 0 Å². The van der Waals surface area contributed by atoms with Gasteiger partial charge in [-0.05, 0) is 63.1 Å². The van der Waals surface area contributed by atoms with E-state index >= 15 is 0 Å². The highest BCUT2D eigenvalue weighted by atomic mass is 32.1. The van der Waals surface area contributed by atoms with Crippen molar-refractivity contribution in [1.29, 1.82) is 0 Å². The molecule has 1 aromatic rings. The molecule has 1 aromatic heterocycles. The van der Waals surface area contributed by atoms with Crippen LogP contribution in [0.1, 0.15) is 51.0 Å². The summed E-state index contributed by atoms with van der Waals surface area (Å²) in [5.41, 5.74) is 1.74. The molecular weight excluding hydrogens is 214 g/mol. The summed E-state index contributed by atoms with van der Waals surface area (Å²) in [6.45, 7) is 14.6. The van der Waals surface area contributed by atoms with Crippen molar-refractivity contribution >= 4 is 11.3 Å². The van der Waals surface area contributed by atoms with Crippen LogP contribution in [0.2, 0.25) is 0 Å². The standard InChI is InChI=1S/C14H25NS/c1-10(9-15-14(4,5)6)11(2)13-7-8-16-12(13)3/h7-8,10-11,15H,9H2,1-6H3. The second-order valence-electron chi connectivity index (χ2n) is 5.83. The van der Waals surface area contributed by atoms with Gasteiger partial charge in [-0.15, -0.1) is 11.3 Å². The van der Waals surface area contributed by atoms with E-state index in [1.165, 1.54) is 10.4 Å². The van der Waals surface area contributed by atoms with Crippen LogP contribution in [-0.2, 0) is 0 Å². The Bertz CT molecular complexity index is 322. The highest BCUT2D eigenvalue weighted by molar-refractivity contribution is 7.10. The SMILES string of the molecule is Cc1sccc1C(C)C(C)CNC(C)(C)C. The molecule has 0 amide bonds. The molecule has 1 N–H and O–H groups in total. The molecule has 1 rings (SSSR count). The molecule has 16 heavy (non-hydrogen) atoms. The Hall–Kier alpha value is -0.340. The Balaban J connectivity index is 2.55. The third-order valence-electron chi connectivity index (χ3n) is 3.20. The number of rotatable bonds is 4. The molecule has 1 heterocycles. The molecule has 0 radical (unpaired) electrons. The van der Waals surface area contributed by atoms with Crippen LogP contribution in [-0.4, -0.2) is 12.1 Å². The predicted molar refractivity (Wildman–Crippen MR) is 74.4 cm³/mol. The lowest BCUT2D eigenvalue weighted by Crippen LogP contribution is -2.39. The van der Waals surface area contributed by atoms with Crippen molar-refractivity contribution in [3.05, 3.63) is 21.9 Å². The molecule has 2 heteroatoms. The zero-order valence-corrected chi connectivity index (χ0v) is 12.2. The molecule has 92 valence electrons. The first-order valence-electron chi connectivity index (χ1n) is 6.10. The lowest BCUT2D eigenvalue weighted by molar-refractivity contribution is 0.359. The molecule has 0 spiro atoms. The summed E-state index contributed by atoms with van der Waals surface area (Å²) >= 11 is 1.85. The van der Waals surface area contributed by atoms with Crippen LogP contribution in [0.25, 0.3) is 0 Å². The minimum absolute atomic E-state index is 0.220. The van der Waals surface area contributed by atoms with Crippen LogP contribution < -0.4 is 5.32 Å². The monoisotopic (exact) mass is 239 g/mol. The number of aryl methyl sites for hydroxylation is 1. The van der Waals surface area contributed by atoms with E-state index < -0.39 is 0 Å². The van der Waals surface area contributed by atoms with Gasteiger partial charge in [-0.3, -0.25) is 0 Å². The maximum atomic E-state index is 3.59. The second-order valence-corrected chi connectivity index (χ2v) is 6.95. The maximum absolute atomic E-state index is 3.59. The van der Waals surface area contributed by atoms with Crippen molar-refractivity contribution in [3.63, 3.8) is 0 Å². The Morgan fingerprint density at radius 3 is 2.38 bits per heavy atom. The summed E-state index contributed by atoms with van der Waals surface area (Å²) in [5, 5.41) is 5.79. The second kappa shape index (κ2) is 5.33. The predicted octanol–water partition coefficient (Wildman–Crippen LogP) is 4.18. The van der Waals surface area contributed by atoms with Gasteiger partial charge in [-0.2, -0.15) is 0 Å². The highest BCUT2D eigenvalue weighted by Gasteiger charge is 2.18. The van der Waals surface area contributed by atoms with Gasteiger partial charge in [0.05, 0.1) is 0 Å². The normalized spacial score (nSPS) is 16.1. The molecule has 0 aromatic carbocycles. The van der Waals surface area contributed by atoms with E-state index in [0.717, 1.165) is 6.54 Å². The van der Waals surface area contributed by atoms with Crippen LogP contribution in [0.5, 0.6) is 0 Å². The summed E-state index contributed by atoms with van der Waals surface area (Å²) in [7, 11) is 0. The first-order chi connectivity index (χ1) is 7.31. The Morgan fingerprint density at radius 1 is 1.31 bits per heavy atom. The van der Waals surface area contributed by atoms with Crippen molar-refractivity contribution in [2.24, 2.45) is 5.92 Å². The van der Waals surface area contributed by atoms with E-state index in [0.29, 0.717) is 11.8 Å². The van der Waals surface area contributed by atoms with Gasteiger partial charge in [-0.1, -0.05) is 13.8 Å². The highest BCUT2D eigenvalue weighted by Crippen LogP contribution is 2.29. The quantitative estimate of drug-likeness (QED) is 0.831. The van der Waals surface area contributed by atoms with Crippen molar-refractivity contribution in [2.75, 3.05) is 6.54 Å². The zero-order valence-electron chi connectivity index (χ0n) is 11.4. The van der Waals surface area contributed by atoms with Gasteiger partial charge in [-0.25, -0.2) is 0 Å². The molecular formula is C14H25NS. The number of hydrogen-bond donors (Lipinski definition) is 1. The molecule has 0 aliphatic carbocycles. The lowest BCUT2D eigenvalue weighted by atomic mass is 9.89. The van der Waals surface area contributed by atoms with E-state index in [2.05, 4.69) is 58.3 Å². The molecule has 0 saturated carbocycles. The topological polar surface area (TPSA) is 12.0 Å². The Labute approximate surface area is 104 Å². The van der Waals surface area contributed by atoms with E-state index in [9.17, 15) is 0 Å². The van der Waals surface area contributed by atoms with E-state index in [4.69, 9.17) is 0 Å². The minimum atomic E-state index is 0.220. The number of hydrogen-bond acceptors (Lipinski definition) is 2. The Morgan fingerprint density at radius 2 is 1.94 bits per heavy atom. The number of nitrogens with one attached hydrogen (secondary N) is 1.